The number of rotatable bonds is 7. The molecule has 2 heterocycles. The van der Waals surface area contributed by atoms with E-state index < -0.39 is 0 Å². The van der Waals surface area contributed by atoms with Crippen LogP contribution in [0.5, 0.6) is 0 Å². The van der Waals surface area contributed by atoms with E-state index in [1.54, 1.807) is 23.1 Å². The molecule has 158 valence electrons. The summed E-state index contributed by atoms with van der Waals surface area (Å²) >= 11 is 3.54. The van der Waals surface area contributed by atoms with Crippen molar-refractivity contribution in [3.8, 4) is 0 Å². The van der Waals surface area contributed by atoms with Gasteiger partial charge in [0.25, 0.3) is 5.91 Å². The van der Waals surface area contributed by atoms with Gasteiger partial charge in [0, 0.05) is 49.7 Å². The highest BCUT2D eigenvalue weighted by Crippen LogP contribution is 2.30. The van der Waals surface area contributed by atoms with Crippen LogP contribution in [0.2, 0.25) is 0 Å². The number of thioether (sulfide) groups is 1. The molecule has 0 atom stereocenters. The minimum Gasteiger partial charge on any atom is -0.351 e. The molecule has 3 aromatic rings. The molecule has 1 fully saturated rings. The van der Waals surface area contributed by atoms with Crippen LogP contribution in [0.1, 0.15) is 22.8 Å². The fourth-order valence-corrected chi connectivity index (χ4v) is 5.47. The van der Waals surface area contributed by atoms with E-state index >= 15 is 0 Å². The summed E-state index contributed by atoms with van der Waals surface area (Å²) in [7, 11) is 0. The number of hydrogen-bond acceptors (Lipinski definition) is 6. The number of nitrogens with zero attached hydrogens (tertiary/aromatic N) is 3. The van der Waals surface area contributed by atoms with Crippen molar-refractivity contribution in [1.82, 2.24) is 15.2 Å². The van der Waals surface area contributed by atoms with Gasteiger partial charge in [-0.15, -0.1) is 11.8 Å². The number of benzene rings is 2. The first kappa shape index (κ1) is 21.2. The van der Waals surface area contributed by atoms with Gasteiger partial charge >= 0.3 is 0 Å². The van der Waals surface area contributed by atoms with E-state index in [9.17, 15) is 4.79 Å². The number of carbonyl (C=O) groups is 1. The lowest BCUT2D eigenvalue weighted by atomic mass is 10.2. The number of hydrogen-bond donors (Lipinski definition) is 1. The number of aromatic nitrogens is 1. The number of aryl methyl sites for hydroxylation is 1. The molecule has 1 amide bonds. The first-order valence-electron chi connectivity index (χ1n) is 10.5. The van der Waals surface area contributed by atoms with E-state index in [0.717, 1.165) is 59.6 Å². The van der Waals surface area contributed by atoms with Crippen LogP contribution >= 0.6 is 23.1 Å². The third-order valence-corrected chi connectivity index (χ3v) is 7.25. The number of nitrogens with one attached hydrogen (secondary N) is 1. The molecular weight excluding hydrogens is 412 g/mol. The van der Waals surface area contributed by atoms with E-state index in [-0.39, 0.29) is 5.91 Å². The van der Waals surface area contributed by atoms with E-state index in [0.29, 0.717) is 6.54 Å². The average molecular weight is 441 g/mol. The van der Waals surface area contributed by atoms with Crippen molar-refractivity contribution in [3.63, 3.8) is 0 Å². The Bertz CT molecular complexity index is 1010. The van der Waals surface area contributed by atoms with Crippen LogP contribution in [0, 0.1) is 6.92 Å². The molecule has 1 aliphatic rings. The maximum Gasteiger partial charge on any atom is 0.251 e. The molecule has 1 aromatic heterocycles. The number of amides is 1. The quantitative estimate of drug-likeness (QED) is 0.556. The SMILES string of the molecule is CCSc1cccc(C(=O)NCCN2CCN(c3nc4ccc(C)cc4s3)CC2)c1. The molecule has 0 radical (unpaired) electrons. The highest BCUT2D eigenvalue weighted by molar-refractivity contribution is 7.99. The lowest BCUT2D eigenvalue weighted by Crippen LogP contribution is -2.48. The van der Waals surface area contributed by atoms with Crippen molar-refractivity contribution >= 4 is 44.4 Å². The Morgan fingerprint density at radius 1 is 1.17 bits per heavy atom. The van der Waals surface area contributed by atoms with Crippen molar-refractivity contribution < 1.29 is 4.79 Å². The highest BCUT2D eigenvalue weighted by atomic mass is 32.2. The molecule has 0 aliphatic carbocycles. The minimum absolute atomic E-state index is 0.0111. The van der Waals surface area contributed by atoms with E-state index in [1.807, 2.05) is 18.2 Å². The van der Waals surface area contributed by atoms with Crippen molar-refractivity contribution in [2.45, 2.75) is 18.7 Å². The van der Waals surface area contributed by atoms with E-state index in [2.05, 4.69) is 53.2 Å². The number of anilines is 1. The zero-order valence-electron chi connectivity index (χ0n) is 17.6. The topological polar surface area (TPSA) is 48.5 Å². The number of piperazine rings is 1. The molecule has 0 saturated carbocycles. The van der Waals surface area contributed by atoms with Crippen LogP contribution in [0.4, 0.5) is 5.13 Å². The molecule has 1 N–H and O–H groups in total. The summed E-state index contributed by atoms with van der Waals surface area (Å²) in [5, 5.41) is 4.19. The lowest BCUT2D eigenvalue weighted by molar-refractivity contribution is 0.0947. The van der Waals surface area contributed by atoms with E-state index in [4.69, 9.17) is 4.98 Å². The van der Waals surface area contributed by atoms with Gasteiger partial charge in [-0.25, -0.2) is 4.98 Å². The lowest BCUT2D eigenvalue weighted by Gasteiger charge is -2.34. The Balaban J connectivity index is 1.24. The standard InChI is InChI=1S/C23H28N4OS2/c1-3-29-19-6-4-5-18(16-19)22(28)24-9-10-26-11-13-27(14-12-26)23-25-20-8-7-17(2)15-21(20)30-23/h4-8,15-16H,3,9-14H2,1-2H3,(H,24,28). The Hall–Kier alpha value is -2.09. The Kier molecular flexibility index (Phi) is 6.92. The summed E-state index contributed by atoms with van der Waals surface area (Å²) in [6.45, 7) is 9.73. The molecule has 30 heavy (non-hydrogen) atoms. The van der Waals surface area contributed by atoms with E-state index in [1.165, 1.54) is 10.3 Å². The number of thiazole rings is 1. The first-order valence-corrected chi connectivity index (χ1v) is 12.3. The Morgan fingerprint density at radius 3 is 2.80 bits per heavy atom. The van der Waals surface area contributed by atoms with Crippen molar-refractivity contribution in [1.29, 1.82) is 0 Å². The second-order valence-electron chi connectivity index (χ2n) is 7.51. The zero-order chi connectivity index (χ0) is 20.9. The minimum atomic E-state index is 0.0111. The maximum atomic E-state index is 12.4. The highest BCUT2D eigenvalue weighted by Gasteiger charge is 2.20. The second-order valence-corrected chi connectivity index (χ2v) is 9.86. The largest absolute Gasteiger partial charge is 0.351 e. The normalized spacial score (nSPS) is 14.9. The molecule has 1 aliphatic heterocycles. The molecular formula is C23H28N4OS2. The second kappa shape index (κ2) is 9.81. The Labute approximate surface area is 186 Å². The predicted molar refractivity (Wildman–Crippen MR) is 128 cm³/mol. The molecule has 5 nitrogen and oxygen atoms in total. The van der Waals surface area contributed by atoms with Gasteiger partial charge in [0.2, 0.25) is 0 Å². The van der Waals surface area contributed by atoms with Gasteiger partial charge in [0.05, 0.1) is 10.2 Å². The molecule has 0 unspecified atom stereocenters. The summed E-state index contributed by atoms with van der Waals surface area (Å²) in [5.74, 6) is 1.02. The third-order valence-electron chi connectivity index (χ3n) is 5.30. The Morgan fingerprint density at radius 2 is 2.00 bits per heavy atom. The zero-order valence-corrected chi connectivity index (χ0v) is 19.2. The van der Waals surface area contributed by atoms with Crippen LogP contribution in [0.15, 0.2) is 47.4 Å². The summed E-state index contributed by atoms with van der Waals surface area (Å²) in [6, 6.07) is 14.3. The molecule has 0 spiro atoms. The van der Waals surface area contributed by atoms with Gasteiger partial charge in [-0.05, 0) is 48.6 Å². The smallest absolute Gasteiger partial charge is 0.251 e. The van der Waals surface area contributed by atoms with Gasteiger partial charge in [-0.1, -0.05) is 30.4 Å². The van der Waals surface area contributed by atoms with Gasteiger partial charge in [-0.3, -0.25) is 9.69 Å². The van der Waals surface area contributed by atoms with Gasteiger partial charge in [-0.2, -0.15) is 0 Å². The van der Waals surface area contributed by atoms with Crippen LogP contribution in [-0.4, -0.2) is 60.8 Å². The number of fused-ring (bicyclic) bond motifs is 1. The van der Waals surface area contributed by atoms with Crippen molar-refractivity contribution in [2.75, 3.05) is 49.9 Å². The average Bonchev–Trinajstić information content (AvgIpc) is 3.18. The maximum absolute atomic E-state index is 12.4. The first-order chi connectivity index (χ1) is 14.6. The third kappa shape index (κ3) is 5.14. The number of carbonyl (C=O) groups excluding carboxylic acids is 1. The van der Waals surface area contributed by atoms with Crippen LogP contribution < -0.4 is 10.2 Å². The van der Waals surface area contributed by atoms with Gasteiger partial charge < -0.3 is 10.2 Å². The van der Waals surface area contributed by atoms with Crippen LogP contribution in [0.25, 0.3) is 10.2 Å². The fourth-order valence-electron chi connectivity index (χ4n) is 3.64. The predicted octanol–water partition coefficient (Wildman–Crippen LogP) is 4.27. The van der Waals surface area contributed by atoms with Crippen LogP contribution in [-0.2, 0) is 0 Å². The molecule has 0 bridgehead atoms. The summed E-state index contributed by atoms with van der Waals surface area (Å²) < 4.78 is 1.26. The molecule has 1 saturated heterocycles. The fraction of sp³-hybridized carbons (Fsp3) is 0.391. The summed E-state index contributed by atoms with van der Waals surface area (Å²) in [4.78, 5) is 23.2. The summed E-state index contributed by atoms with van der Waals surface area (Å²) in [5.41, 5.74) is 3.11. The van der Waals surface area contributed by atoms with Gasteiger partial charge in [0.1, 0.15) is 0 Å². The monoisotopic (exact) mass is 440 g/mol. The molecule has 2 aromatic carbocycles. The van der Waals surface area contributed by atoms with Crippen LogP contribution in [0.3, 0.4) is 0 Å². The van der Waals surface area contributed by atoms with Gasteiger partial charge in [0.15, 0.2) is 5.13 Å². The van der Waals surface area contributed by atoms with Crippen molar-refractivity contribution in [3.05, 3.63) is 53.6 Å². The molecule has 7 heteroatoms. The molecule has 4 rings (SSSR count). The van der Waals surface area contributed by atoms with Crippen molar-refractivity contribution in [2.24, 2.45) is 0 Å². The summed E-state index contributed by atoms with van der Waals surface area (Å²) in [6.07, 6.45) is 0.